The second-order valence-electron chi connectivity index (χ2n) is 2.41. The van der Waals surface area contributed by atoms with Crippen molar-refractivity contribution in [2.24, 2.45) is 5.92 Å². The molecule has 3 aliphatic rings. The Balaban J connectivity index is 2.07. The van der Waals surface area contributed by atoms with Gasteiger partial charge in [-0.1, -0.05) is 0 Å². The third-order valence-electron chi connectivity index (χ3n) is 1.90. The zero-order chi connectivity index (χ0) is 7.35. The fraction of sp³-hybridized carbons (Fsp3) is 1.00. The Kier molecular flexibility index (Phi) is 0.301. The first-order valence-corrected chi connectivity index (χ1v) is 2.73. The smallest absolute Gasteiger partial charge is 0.0586 e. The van der Waals surface area contributed by atoms with Gasteiger partial charge >= 0.3 is 0 Å². The zero-order valence-electron chi connectivity index (χ0n) is 7.05. The topological polar surface area (TPSA) is 9.23 Å². The molecule has 1 atom stereocenters. The van der Waals surface area contributed by atoms with Crippen molar-refractivity contribution in [3.63, 3.8) is 0 Å². The Morgan fingerprint density at radius 2 is 2.57 bits per heavy atom. The van der Waals surface area contributed by atoms with Crippen molar-refractivity contribution in [2.45, 2.75) is 31.9 Å². The van der Waals surface area contributed by atoms with Crippen molar-refractivity contribution in [1.29, 1.82) is 0 Å². The summed E-state index contributed by atoms with van der Waals surface area (Å²) < 4.78 is 26.5. The Morgan fingerprint density at radius 1 is 1.71 bits per heavy atom. The van der Waals surface area contributed by atoms with E-state index in [2.05, 4.69) is 0 Å². The highest BCUT2D eigenvalue weighted by Gasteiger charge is 2.42. The molecule has 7 heavy (non-hydrogen) atoms. The van der Waals surface area contributed by atoms with E-state index in [1.807, 2.05) is 0 Å². The van der Waals surface area contributed by atoms with E-state index in [4.69, 9.17) is 8.85 Å². The molecule has 1 nitrogen and oxygen atoms in total. The third kappa shape index (κ3) is 0.367. The second kappa shape index (κ2) is 1.03. The highest BCUT2D eigenvalue weighted by Crippen LogP contribution is 2.42. The van der Waals surface area contributed by atoms with Gasteiger partial charge in [0.2, 0.25) is 0 Å². The van der Waals surface area contributed by atoms with Gasteiger partial charge < -0.3 is 4.74 Å². The molecule has 0 aromatic rings. The average Bonchev–Trinajstić information content (AvgIpc) is 2.07. The lowest BCUT2D eigenvalue weighted by Crippen LogP contribution is -2.18. The molecule has 0 N–H and O–H groups in total. The van der Waals surface area contributed by atoms with Gasteiger partial charge in [-0.15, -0.1) is 0 Å². The van der Waals surface area contributed by atoms with Gasteiger partial charge in [-0.05, 0) is 25.6 Å². The fourth-order valence-electron chi connectivity index (χ4n) is 1.28. The first-order chi connectivity index (χ1) is 4.57. The van der Waals surface area contributed by atoms with Gasteiger partial charge in [-0.25, -0.2) is 0 Å². The minimum absolute atomic E-state index is 0.274. The molecular formula is C6H10O. The van der Waals surface area contributed by atoms with Gasteiger partial charge in [0.25, 0.3) is 0 Å². The number of ether oxygens (including phenoxy) is 1. The number of rotatable bonds is 0. The van der Waals surface area contributed by atoms with Crippen molar-refractivity contribution in [2.75, 3.05) is 0 Å². The lowest BCUT2D eigenvalue weighted by Gasteiger charge is -2.18. The highest BCUT2D eigenvalue weighted by molar-refractivity contribution is 4.91. The van der Waals surface area contributed by atoms with Crippen LogP contribution in [0, 0.1) is 5.92 Å². The molecule has 1 unspecified atom stereocenters. The van der Waals surface area contributed by atoms with Crippen LogP contribution in [0.25, 0.3) is 0 Å². The molecule has 0 aromatic heterocycles. The molecule has 0 aromatic carbocycles. The fourth-order valence-corrected chi connectivity index (χ4v) is 1.28. The molecule has 2 bridgehead atoms. The molecule has 3 fully saturated rings. The van der Waals surface area contributed by atoms with Gasteiger partial charge in [0.15, 0.2) is 0 Å². The highest BCUT2D eigenvalue weighted by atomic mass is 16.5. The second-order valence-corrected chi connectivity index (χ2v) is 2.41. The summed E-state index contributed by atoms with van der Waals surface area (Å²) in [5.74, 6) is 0.331. The van der Waals surface area contributed by atoms with Crippen LogP contribution in [0.4, 0.5) is 0 Å². The predicted molar refractivity (Wildman–Crippen MR) is 27.1 cm³/mol. The molecule has 1 saturated carbocycles. The number of hydrogen-bond donors (Lipinski definition) is 0. The molecule has 1 heteroatoms. The van der Waals surface area contributed by atoms with E-state index in [0.29, 0.717) is 5.92 Å². The molecule has 2 aliphatic heterocycles. The van der Waals surface area contributed by atoms with Crippen molar-refractivity contribution in [3.05, 3.63) is 0 Å². The minimum Gasteiger partial charge on any atom is -0.375 e. The molecule has 40 valence electrons. The van der Waals surface area contributed by atoms with Gasteiger partial charge in [-0.3, -0.25) is 0 Å². The summed E-state index contributed by atoms with van der Waals surface area (Å²) >= 11 is 0. The summed E-state index contributed by atoms with van der Waals surface area (Å²) in [6.07, 6.45) is 1.78. The van der Waals surface area contributed by atoms with Gasteiger partial charge in [0, 0.05) is 4.11 Å². The van der Waals surface area contributed by atoms with E-state index < -0.39 is 13.0 Å². The Labute approximate surface area is 47.9 Å². The van der Waals surface area contributed by atoms with Crippen LogP contribution in [-0.2, 0) is 4.74 Å². The summed E-state index contributed by atoms with van der Waals surface area (Å²) in [5.41, 5.74) is 0. The van der Waals surface area contributed by atoms with Crippen LogP contribution < -0.4 is 0 Å². The predicted octanol–water partition coefficient (Wildman–Crippen LogP) is 1.18. The van der Waals surface area contributed by atoms with Crippen molar-refractivity contribution < 1.29 is 8.85 Å². The van der Waals surface area contributed by atoms with E-state index in [9.17, 15) is 0 Å². The van der Waals surface area contributed by atoms with Crippen LogP contribution >= 0.6 is 0 Å². The molecule has 3 rings (SSSR count). The van der Waals surface area contributed by atoms with Crippen molar-refractivity contribution in [1.82, 2.24) is 0 Å². The summed E-state index contributed by atoms with van der Waals surface area (Å²) in [5, 5.41) is 0. The van der Waals surface area contributed by atoms with Gasteiger partial charge in [0.1, 0.15) is 0 Å². The molecular weight excluding hydrogens is 88.1 g/mol. The van der Waals surface area contributed by atoms with Crippen LogP contribution in [0.15, 0.2) is 0 Å². The van der Waals surface area contributed by atoms with Crippen LogP contribution in [0.2, 0.25) is 0 Å². The summed E-state index contributed by atoms with van der Waals surface area (Å²) in [7, 11) is 0. The largest absolute Gasteiger partial charge is 0.375 e. The lowest BCUT2D eigenvalue weighted by molar-refractivity contribution is 0.0872. The normalized spacial score (nSPS) is 65.1. The van der Waals surface area contributed by atoms with E-state index in [1.54, 1.807) is 0 Å². The number of fused-ring (bicyclic) bond motifs is 1. The van der Waals surface area contributed by atoms with Gasteiger partial charge in [0.05, 0.1) is 12.2 Å². The molecule has 1 aliphatic carbocycles. The zero-order valence-corrected chi connectivity index (χ0v) is 4.05. The first-order valence-electron chi connectivity index (χ1n) is 4.23. The molecule has 0 radical (unpaired) electrons. The Morgan fingerprint density at radius 3 is 2.86 bits per heavy atom. The van der Waals surface area contributed by atoms with Crippen LogP contribution in [-0.4, -0.2) is 12.2 Å². The standard InChI is InChI=1S/C6H10O/c1-4-5-2-6(3-5)7-4/h4-6H,2-3H2,1H3/i1D3. The van der Waals surface area contributed by atoms with E-state index in [1.165, 1.54) is 0 Å². The molecule has 2 saturated heterocycles. The van der Waals surface area contributed by atoms with Crippen LogP contribution in [0.5, 0.6) is 0 Å². The van der Waals surface area contributed by atoms with Gasteiger partial charge in [-0.2, -0.15) is 0 Å². The maximum atomic E-state index is 7.09. The van der Waals surface area contributed by atoms with Crippen LogP contribution in [0.1, 0.15) is 23.8 Å². The molecule has 2 heterocycles. The van der Waals surface area contributed by atoms with Crippen molar-refractivity contribution in [3.8, 4) is 0 Å². The van der Waals surface area contributed by atoms with Crippen LogP contribution in [0.3, 0.4) is 0 Å². The van der Waals surface area contributed by atoms with Crippen molar-refractivity contribution >= 4 is 0 Å². The van der Waals surface area contributed by atoms with E-state index in [-0.39, 0.29) is 6.10 Å². The maximum Gasteiger partial charge on any atom is 0.0586 e. The monoisotopic (exact) mass is 101 g/mol. The maximum absolute atomic E-state index is 7.09. The first kappa shape index (κ1) is 2.06. The van der Waals surface area contributed by atoms with E-state index >= 15 is 0 Å². The SMILES string of the molecule is [2H]C([2H])([2H])C1OC2CC1C2. The Bertz CT molecular complexity index is 148. The summed E-state index contributed by atoms with van der Waals surface area (Å²) in [6, 6.07) is 0. The minimum atomic E-state index is -1.88. The molecule has 0 spiro atoms. The molecule has 0 amide bonds. The number of hydrogen-bond acceptors (Lipinski definition) is 1. The summed E-state index contributed by atoms with van der Waals surface area (Å²) in [6.45, 7) is -1.88. The quantitative estimate of drug-likeness (QED) is 0.445. The average molecular weight is 101 g/mol. The van der Waals surface area contributed by atoms with E-state index in [0.717, 1.165) is 12.8 Å². The Hall–Kier alpha value is -0.0400. The summed E-state index contributed by atoms with van der Waals surface area (Å²) in [4.78, 5) is 0. The lowest BCUT2D eigenvalue weighted by atomic mass is 9.84. The third-order valence-corrected chi connectivity index (χ3v) is 1.90.